The Morgan fingerprint density at radius 2 is 2.05 bits per heavy atom. The SMILES string of the molecule is Cc1nn(C)c(CN(C)CCN2CCNCC2)c1Cl. The van der Waals surface area contributed by atoms with E-state index in [0.29, 0.717) is 0 Å². The average molecular weight is 286 g/mol. The molecule has 1 aliphatic heterocycles. The molecule has 0 bridgehead atoms. The second kappa shape index (κ2) is 6.70. The Morgan fingerprint density at radius 3 is 2.63 bits per heavy atom. The minimum atomic E-state index is 0.802. The monoisotopic (exact) mass is 285 g/mol. The molecule has 0 amide bonds. The van der Waals surface area contributed by atoms with Gasteiger partial charge < -0.3 is 5.32 Å². The Labute approximate surface area is 120 Å². The molecule has 1 aromatic rings. The average Bonchev–Trinajstić information content (AvgIpc) is 2.64. The lowest BCUT2D eigenvalue weighted by Crippen LogP contribution is -2.45. The van der Waals surface area contributed by atoms with E-state index in [9.17, 15) is 0 Å². The molecule has 0 saturated carbocycles. The standard InChI is InChI=1S/C13H24ClN5/c1-11-13(14)12(18(3)16-11)10-17(2)8-9-19-6-4-15-5-7-19/h15H,4-10H2,1-3H3. The van der Waals surface area contributed by atoms with Crippen LogP contribution in [0.15, 0.2) is 0 Å². The fraction of sp³-hybridized carbons (Fsp3) is 0.769. The molecule has 0 aliphatic carbocycles. The molecule has 6 heteroatoms. The third-order valence-corrected chi connectivity index (χ3v) is 4.18. The highest BCUT2D eigenvalue weighted by Crippen LogP contribution is 2.20. The third-order valence-electron chi connectivity index (χ3n) is 3.69. The molecule has 0 aromatic carbocycles. The molecule has 1 aliphatic rings. The maximum absolute atomic E-state index is 6.28. The van der Waals surface area contributed by atoms with Gasteiger partial charge in [0.1, 0.15) is 0 Å². The molecular formula is C13H24ClN5. The number of aryl methyl sites for hydroxylation is 2. The van der Waals surface area contributed by atoms with Gasteiger partial charge >= 0.3 is 0 Å². The van der Waals surface area contributed by atoms with Gasteiger partial charge in [0.15, 0.2) is 0 Å². The Bertz CT molecular complexity index is 411. The zero-order chi connectivity index (χ0) is 13.8. The highest BCUT2D eigenvalue weighted by atomic mass is 35.5. The molecule has 108 valence electrons. The normalized spacial score (nSPS) is 17.3. The molecule has 1 saturated heterocycles. The molecular weight excluding hydrogens is 262 g/mol. The van der Waals surface area contributed by atoms with E-state index in [1.54, 1.807) is 0 Å². The fourth-order valence-electron chi connectivity index (χ4n) is 2.43. The van der Waals surface area contributed by atoms with Crippen LogP contribution in [0.5, 0.6) is 0 Å². The fourth-order valence-corrected chi connectivity index (χ4v) is 2.65. The Kier molecular flexibility index (Phi) is 5.21. The van der Waals surface area contributed by atoms with Gasteiger partial charge in [-0.3, -0.25) is 14.5 Å². The minimum absolute atomic E-state index is 0.802. The van der Waals surface area contributed by atoms with E-state index in [2.05, 4.69) is 27.3 Å². The Morgan fingerprint density at radius 1 is 1.37 bits per heavy atom. The summed E-state index contributed by atoms with van der Waals surface area (Å²) in [5.74, 6) is 0. The summed E-state index contributed by atoms with van der Waals surface area (Å²) in [5.41, 5.74) is 2.01. The van der Waals surface area contributed by atoms with Crippen LogP contribution in [0.25, 0.3) is 0 Å². The molecule has 0 atom stereocenters. The van der Waals surface area contributed by atoms with Gasteiger partial charge in [-0.25, -0.2) is 0 Å². The van der Waals surface area contributed by atoms with Crippen LogP contribution in [-0.4, -0.2) is 65.9 Å². The molecule has 0 unspecified atom stereocenters. The van der Waals surface area contributed by atoms with Crippen molar-refractivity contribution in [2.45, 2.75) is 13.5 Å². The molecule has 0 spiro atoms. The smallest absolute Gasteiger partial charge is 0.0860 e. The van der Waals surface area contributed by atoms with Crippen molar-refractivity contribution in [1.82, 2.24) is 24.9 Å². The van der Waals surface area contributed by atoms with Crippen molar-refractivity contribution in [2.75, 3.05) is 46.3 Å². The van der Waals surface area contributed by atoms with Crippen molar-refractivity contribution in [3.8, 4) is 0 Å². The van der Waals surface area contributed by atoms with Crippen molar-refractivity contribution in [3.05, 3.63) is 16.4 Å². The molecule has 1 N–H and O–H groups in total. The summed E-state index contributed by atoms with van der Waals surface area (Å²) in [7, 11) is 4.10. The van der Waals surface area contributed by atoms with Crippen molar-refractivity contribution >= 4 is 11.6 Å². The highest BCUT2D eigenvalue weighted by molar-refractivity contribution is 6.31. The number of piperazine rings is 1. The van der Waals surface area contributed by atoms with Gasteiger partial charge in [-0.05, 0) is 14.0 Å². The van der Waals surface area contributed by atoms with E-state index in [-0.39, 0.29) is 0 Å². The number of nitrogens with one attached hydrogen (secondary N) is 1. The lowest BCUT2D eigenvalue weighted by atomic mass is 10.3. The van der Waals surface area contributed by atoms with Crippen LogP contribution in [0.4, 0.5) is 0 Å². The molecule has 2 rings (SSSR count). The van der Waals surface area contributed by atoms with Gasteiger partial charge in [0.05, 0.1) is 16.4 Å². The second-order valence-electron chi connectivity index (χ2n) is 5.30. The molecule has 1 fully saturated rings. The third kappa shape index (κ3) is 3.92. The summed E-state index contributed by atoms with van der Waals surface area (Å²) in [6, 6.07) is 0. The van der Waals surface area contributed by atoms with Gasteiger partial charge in [-0.2, -0.15) is 5.10 Å². The first-order chi connectivity index (χ1) is 9.08. The molecule has 2 heterocycles. The van der Waals surface area contributed by atoms with Gasteiger partial charge in [0.2, 0.25) is 0 Å². The van der Waals surface area contributed by atoms with Crippen LogP contribution >= 0.6 is 11.6 Å². The van der Waals surface area contributed by atoms with E-state index in [1.165, 1.54) is 0 Å². The molecule has 5 nitrogen and oxygen atoms in total. The lowest BCUT2D eigenvalue weighted by Gasteiger charge is -2.29. The van der Waals surface area contributed by atoms with Crippen LogP contribution < -0.4 is 5.32 Å². The number of hydrogen-bond acceptors (Lipinski definition) is 4. The first kappa shape index (κ1) is 14.8. The van der Waals surface area contributed by atoms with Gasteiger partial charge in [-0.15, -0.1) is 0 Å². The van der Waals surface area contributed by atoms with Crippen LogP contribution in [0.3, 0.4) is 0 Å². The van der Waals surface area contributed by atoms with E-state index in [4.69, 9.17) is 11.6 Å². The van der Waals surface area contributed by atoms with Crippen LogP contribution in [-0.2, 0) is 13.6 Å². The predicted octanol–water partition coefficient (Wildman–Crippen LogP) is 0.719. The zero-order valence-electron chi connectivity index (χ0n) is 12.1. The summed E-state index contributed by atoms with van der Waals surface area (Å²) >= 11 is 6.28. The minimum Gasteiger partial charge on any atom is -0.314 e. The number of aromatic nitrogens is 2. The summed E-state index contributed by atoms with van der Waals surface area (Å²) in [5, 5.41) is 8.53. The first-order valence-electron chi connectivity index (χ1n) is 6.87. The predicted molar refractivity (Wildman–Crippen MR) is 78.6 cm³/mol. The van der Waals surface area contributed by atoms with E-state index in [1.807, 2.05) is 18.7 Å². The first-order valence-corrected chi connectivity index (χ1v) is 7.25. The van der Waals surface area contributed by atoms with Crippen molar-refractivity contribution in [3.63, 3.8) is 0 Å². The highest BCUT2D eigenvalue weighted by Gasteiger charge is 2.14. The number of rotatable bonds is 5. The van der Waals surface area contributed by atoms with Crippen molar-refractivity contribution in [1.29, 1.82) is 0 Å². The maximum atomic E-state index is 6.28. The van der Waals surface area contributed by atoms with Crippen LogP contribution in [0.1, 0.15) is 11.4 Å². The lowest BCUT2D eigenvalue weighted by molar-refractivity contribution is 0.200. The molecule has 0 radical (unpaired) electrons. The molecule has 1 aromatic heterocycles. The topological polar surface area (TPSA) is 36.3 Å². The largest absolute Gasteiger partial charge is 0.314 e. The van der Waals surface area contributed by atoms with Crippen molar-refractivity contribution in [2.24, 2.45) is 7.05 Å². The van der Waals surface area contributed by atoms with E-state index < -0.39 is 0 Å². The van der Waals surface area contributed by atoms with E-state index >= 15 is 0 Å². The Hall–Kier alpha value is -0.620. The van der Waals surface area contributed by atoms with Crippen molar-refractivity contribution < 1.29 is 0 Å². The zero-order valence-corrected chi connectivity index (χ0v) is 12.9. The summed E-state index contributed by atoms with van der Waals surface area (Å²) in [4.78, 5) is 4.81. The number of hydrogen-bond donors (Lipinski definition) is 1. The number of likely N-dealkylation sites (N-methyl/N-ethyl adjacent to an activating group) is 1. The molecule has 19 heavy (non-hydrogen) atoms. The van der Waals surface area contributed by atoms with E-state index in [0.717, 1.165) is 62.2 Å². The van der Waals surface area contributed by atoms with Gasteiger partial charge in [-0.1, -0.05) is 11.6 Å². The summed E-state index contributed by atoms with van der Waals surface area (Å²) < 4.78 is 1.89. The Balaban J connectivity index is 1.81. The maximum Gasteiger partial charge on any atom is 0.0860 e. The van der Waals surface area contributed by atoms with Crippen LogP contribution in [0, 0.1) is 6.92 Å². The van der Waals surface area contributed by atoms with Gasteiger partial charge in [0.25, 0.3) is 0 Å². The van der Waals surface area contributed by atoms with Gasteiger partial charge in [0, 0.05) is 52.9 Å². The number of nitrogens with zero attached hydrogens (tertiary/aromatic N) is 4. The van der Waals surface area contributed by atoms with Crippen LogP contribution in [0.2, 0.25) is 5.02 Å². The second-order valence-corrected chi connectivity index (χ2v) is 5.68. The summed E-state index contributed by atoms with van der Waals surface area (Å²) in [6.45, 7) is 9.49. The quantitative estimate of drug-likeness (QED) is 0.865. The number of halogens is 1. The summed E-state index contributed by atoms with van der Waals surface area (Å²) in [6.07, 6.45) is 0.